The van der Waals surface area contributed by atoms with Gasteiger partial charge in [0.25, 0.3) is 0 Å². The Bertz CT molecular complexity index is 752. The van der Waals surface area contributed by atoms with Crippen molar-refractivity contribution >= 4 is 30.1 Å². The van der Waals surface area contributed by atoms with Crippen molar-refractivity contribution in [3.05, 3.63) is 98.5 Å². The van der Waals surface area contributed by atoms with Crippen LogP contribution in [-0.4, -0.2) is 12.2 Å². The van der Waals surface area contributed by atoms with E-state index in [0.29, 0.717) is 11.4 Å². The molecule has 28 heavy (non-hydrogen) atoms. The van der Waals surface area contributed by atoms with Gasteiger partial charge in [-0.3, -0.25) is 5.32 Å². The van der Waals surface area contributed by atoms with E-state index < -0.39 is 12.2 Å². The normalized spacial score (nSPS) is 8.86. The number of nitrogens with one attached hydrogen (secondary N) is 1. The second-order valence-corrected chi connectivity index (χ2v) is 4.93. The Labute approximate surface area is 164 Å². The molecule has 0 spiro atoms. The van der Waals surface area contributed by atoms with Crippen LogP contribution in [0.4, 0.5) is 15.3 Å². The lowest BCUT2D eigenvalue weighted by atomic mass is 10.2. The predicted molar refractivity (Wildman–Crippen MR) is 111 cm³/mol. The zero-order chi connectivity index (χ0) is 20.8. The fraction of sp³-hybridized carbons (Fsp3) is 0. The van der Waals surface area contributed by atoms with E-state index in [0.717, 1.165) is 23.7 Å². The largest absolute Gasteiger partial charge is 0.518 e. The third kappa shape index (κ3) is 8.35. The first-order chi connectivity index (χ1) is 13.5. The van der Waals surface area contributed by atoms with Crippen molar-refractivity contribution < 1.29 is 23.8 Å². The summed E-state index contributed by atoms with van der Waals surface area (Å²) in [5.74, 6) is 0.419. The highest BCUT2D eigenvalue weighted by Crippen LogP contribution is 2.13. The van der Waals surface area contributed by atoms with Crippen LogP contribution in [0.1, 0.15) is 11.1 Å². The van der Waals surface area contributed by atoms with Crippen molar-refractivity contribution in [2.24, 2.45) is 0 Å². The summed E-state index contributed by atoms with van der Waals surface area (Å²) in [4.78, 5) is 21.8. The van der Waals surface area contributed by atoms with Gasteiger partial charge in [0.2, 0.25) is 0 Å². The maximum Gasteiger partial charge on any atom is 0.518 e. The van der Waals surface area contributed by atoms with Crippen LogP contribution in [0, 0.1) is 0 Å². The minimum atomic E-state index is -0.800. The van der Waals surface area contributed by atoms with E-state index in [9.17, 15) is 9.59 Å². The molecule has 0 fully saturated rings. The predicted octanol–water partition coefficient (Wildman–Crippen LogP) is 6.01. The third-order valence-corrected chi connectivity index (χ3v) is 3.08. The molecule has 2 aromatic rings. The van der Waals surface area contributed by atoms with Crippen LogP contribution in [0.2, 0.25) is 0 Å². The molecule has 6 nitrogen and oxygen atoms in total. The number of anilines is 1. The molecule has 0 aliphatic carbocycles. The van der Waals surface area contributed by atoms with E-state index in [1.54, 1.807) is 48.6 Å². The summed E-state index contributed by atoms with van der Waals surface area (Å²) in [5.41, 5.74) is 2.62. The molecule has 0 aliphatic rings. The summed E-state index contributed by atoms with van der Waals surface area (Å²) in [6, 6.07) is 14.1. The molecule has 0 saturated heterocycles. The first-order valence-corrected chi connectivity index (χ1v) is 8.05. The Balaban J connectivity index is 0.000000280. The van der Waals surface area contributed by atoms with E-state index in [1.807, 2.05) is 12.1 Å². The first kappa shape index (κ1) is 22.0. The lowest BCUT2D eigenvalue weighted by Crippen LogP contribution is -2.10. The highest BCUT2D eigenvalue weighted by Gasteiger charge is 2.03. The molecule has 6 heteroatoms. The van der Waals surface area contributed by atoms with Gasteiger partial charge in [0, 0.05) is 5.69 Å². The van der Waals surface area contributed by atoms with E-state index >= 15 is 0 Å². The number of benzene rings is 2. The van der Waals surface area contributed by atoms with Gasteiger partial charge in [-0.2, -0.15) is 0 Å². The maximum absolute atomic E-state index is 10.9. The van der Waals surface area contributed by atoms with Crippen molar-refractivity contribution in [1.82, 2.24) is 0 Å². The lowest BCUT2D eigenvalue weighted by molar-refractivity contribution is 0.136. The maximum atomic E-state index is 10.9. The molecule has 144 valence electrons. The summed E-state index contributed by atoms with van der Waals surface area (Å²) < 4.78 is 13.7. The van der Waals surface area contributed by atoms with Gasteiger partial charge in [0.15, 0.2) is 0 Å². The molecule has 0 aromatic heterocycles. The molecular weight excluding hydrogens is 358 g/mol. The molecule has 0 atom stereocenters. The summed E-state index contributed by atoms with van der Waals surface area (Å²) in [6.07, 6.45) is 4.17. The summed E-state index contributed by atoms with van der Waals surface area (Å²) in [5, 5.41) is 2.53. The topological polar surface area (TPSA) is 73.9 Å². The molecule has 0 bridgehead atoms. The minimum absolute atomic E-state index is 0.419. The van der Waals surface area contributed by atoms with Crippen LogP contribution in [-0.2, 0) is 9.47 Å². The van der Waals surface area contributed by atoms with Crippen molar-refractivity contribution in [2.75, 3.05) is 5.32 Å². The van der Waals surface area contributed by atoms with Crippen molar-refractivity contribution in [3.63, 3.8) is 0 Å². The van der Waals surface area contributed by atoms with Crippen molar-refractivity contribution in [2.45, 2.75) is 0 Å². The smallest absolute Gasteiger partial charge is 0.419 e. The Hall–Kier alpha value is -4.06. The van der Waals surface area contributed by atoms with Crippen molar-refractivity contribution in [3.8, 4) is 5.75 Å². The highest BCUT2D eigenvalue weighted by atomic mass is 16.7. The second-order valence-electron chi connectivity index (χ2n) is 4.93. The van der Waals surface area contributed by atoms with E-state index in [2.05, 4.69) is 41.1 Å². The monoisotopic (exact) mass is 379 g/mol. The number of ether oxygens (including phenoxy) is 3. The van der Waals surface area contributed by atoms with Gasteiger partial charge in [0.1, 0.15) is 5.75 Å². The standard InChI is InChI=1S/C11H11NO2.C11H10O3/c1-3-9-5-7-10(8-6-9)12-11(13)14-4-2;1-3-9-5-7-10(8-6-9)14-11(12)13-4-2/h3-8H,1-2H2,(H,12,13);3-8H,1-2H2. The van der Waals surface area contributed by atoms with Crippen LogP contribution in [0.5, 0.6) is 5.75 Å². The van der Waals surface area contributed by atoms with E-state index in [1.165, 1.54) is 0 Å². The molecule has 0 unspecified atom stereocenters. The number of rotatable bonds is 6. The molecule has 0 saturated carbocycles. The van der Waals surface area contributed by atoms with Crippen LogP contribution in [0.15, 0.2) is 87.4 Å². The second kappa shape index (κ2) is 12.3. The average molecular weight is 379 g/mol. The van der Waals surface area contributed by atoms with Gasteiger partial charge in [-0.1, -0.05) is 62.7 Å². The van der Waals surface area contributed by atoms with Gasteiger partial charge in [-0.05, 0) is 35.4 Å². The molecule has 1 amide bonds. The molecule has 2 rings (SSSR count). The molecule has 0 aliphatic heterocycles. The fourth-order valence-corrected chi connectivity index (χ4v) is 1.79. The Morgan fingerprint density at radius 2 is 1.25 bits per heavy atom. The van der Waals surface area contributed by atoms with Gasteiger partial charge < -0.3 is 14.2 Å². The number of hydrogen-bond donors (Lipinski definition) is 1. The Morgan fingerprint density at radius 3 is 1.71 bits per heavy atom. The molecule has 1 N–H and O–H groups in total. The third-order valence-electron chi connectivity index (χ3n) is 3.08. The first-order valence-electron chi connectivity index (χ1n) is 8.05. The Morgan fingerprint density at radius 1 is 0.750 bits per heavy atom. The summed E-state index contributed by atoms with van der Waals surface area (Å²) in [6.45, 7) is 13.7. The lowest BCUT2D eigenvalue weighted by Gasteiger charge is -2.03. The average Bonchev–Trinajstić information content (AvgIpc) is 2.70. The summed E-state index contributed by atoms with van der Waals surface area (Å²) in [7, 11) is 0. The quantitative estimate of drug-likeness (QED) is 0.378. The van der Waals surface area contributed by atoms with Gasteiger partial charge in [-0.15, -0.1) is 0 Å². The van der Waals surface area contributed by atoms with Crippen LogP contribution >= 0.6 is 0 Å². The van der Waals surface area contributed by atoms with Crippen LogP contribution in [0.25, 0.3) is 12.2 Å². The zero-order valence-electron chi connectivity index (χ0n) is 15.3. The number of carbonyl (C=O) groups is 2. The van der Waals surface area contributed by atoms with Crippen molar-refractivity contribution in [1.29, 1.82) is 0 Å². The molecular formula is C22H21NO5. The highest BCUT2D eigenvalue weighted by molar-refractivity contribution is 5.85. The van der Waals surface area contributed by atoms with Crippen LogP contribution < -0.4 is 10.1 Å². The van der Waals surface area contributed by atoms with Crippen LogP contribution in [0.3, 0.4) is 0 Å². The van der Waals surface area contributed by atoms with E-state index in [-0.39, 0.29) is 0 Å². The molecule has 0 radical (unpaired) electrons. The molecule has 0 heterocycles. The molecule has 2 aromatic carbocycles. The minimum Gasteiger partial charge on any atom is -0.419 e. The fourth-order valence-electron chi connectivity index (χ4n) is 1.79. The van der Waals surface area contributed by atoms with Gasteiger partial charge >= 0.3 is 12.2 Å². The number of hydrogen-bond acceptors (Lipinski definition) is 5. The van der Waals surface area contributed by atoms with Gasteiger partial charge in [0.05, 0.1) is 12.5 Å². The zero-order valence-corrected chi connectivity index (χ0v) is 15.3. The van der Waals surface area contributed by atoms with Gasteiger partial charge in [-0.25, -0.2) is 9.59 Å². The Kier molecular flexibility index (Phi) is 9.67. The SMILES string of the molecule is C=COC(=O)Nc1ccc(C=C)cc1.C=COC(=O)Oc1ccc(C=C)cc1. The number of carbonyl (C=O) groups excluding carboxylic acids is 2. The summed E-state index contributed by atoms with van der Waals surface area (Å²) >= 11 is 0. The van der Waals surface area contributed by atoms with E-state index in [4.69, 9.17) is 4.74 Å². The number of amides is 1.